The molecular formula is C28H32BN. The van der Waals surface area contributed by atoms with Gasteiger partial charge in [0.25, 0.3) is 0 Å². The number of hydrogen-bond acceptors (Lipinski definition) is 0. The van der Waals surface area contributed by atoms with Crippen LogP contribution in [0, 0.1) is 0 Å². The molecule has 4 aromatic rings. The van der Waals surface area contributed by atoms with Gasteiger partial charge in [-0.15, -0.1) is 0 Å². The second-order valence-corrected chi connectivity index (χ2v) is 7.72. The van der Waals surface area contributed by atoms with Crippen molar-refractivity contribution < 1.29 is 5.73 Å². The van der Waals surface area contributed by atoms with Gasteiger partial charge in [0, 0.05) is 0 Å². The molecule has 0 saturated heterocycles. The Bertz CT molecular complexity index is 805. The fourth-order valence-corrected chi connectivity index (χ4v) is 4.37. The Hall–Kier alpha value is -3.10. The Balaban J connectivity index is 0.000000461. The molecule has 0 radical (unpaired) electrons. The molecule has 152 valence electrons. The molecule has 0 aromatic heterocycles. The van der Waals surface area contributed by atoms with Gasteiger partial charge in [0.15, 0.2) is 0 Å². The van der Waals surface area contributed by atoms with E-state index in [1.54, 1.807) is 0 Å². The zero-order valence-corrected chi connectivity index (χ0v) is 18.0. The van der Waals surface area contributed by atoms with Gasteiger partial charge in [-0.05, 0) is 6.42 Å². The molecule has 2 heteroatoms. The average Bonchev–Trinajstić information content (AvgIpc) is 2.83. The summed E-state index contributed by atoms with van der Waals surface area (Å²) in [5, 5.41) is 0. The molecule has 0 saturated carbocycles. The molecule has 0 aliphatic rings. The molecule has 0 fully saturated rings. The molecule has 30 heavy (non-hydrogen) atoms. The first kappa shape index (κ1) is 21.6. The van der Waals surface area contributed by atoms with Crippen LogP contribution in [0.4, 0.5) is 0 Å². The second-order valence-electron chi connectivity index (χ2n) is 7.72. The molecule has 4 aromatic carbocycles. The quantitative estimate of drug-likeness (QED) is 0.488. The van der Waals surface area contributed by atoms with Crippen LogP contribution < -0.4 is 27.6 Å². The fraction of sp³-hybridized carbons (Fsp3) is 0.143. The number of benzene rings is 4. The molecular weight excluding hydrogens is 361 g/mol. The normalized spacial score (nSPS) is 10.7. The smallest absolute Gasteiger partial charge is 0.108 e. The highest BCUT2D eigenvalue weighted by molar-refractivity contribution is 7.19. The molecule has 0 heterocycles. The van der Waals surface area contributed by atoms with E-state index in [0.717, 1.165) is 6.54 Å². The molecule has 0 aliphatic heterocycles. The molecule has 0 aliphatic carbocycles. The van der Waals surface area contributed by atoms with Gasteiger partial charge < -0.3 is 5.73 Å². The lowest BCUT2D eigenvalue weighted by molar-refractivity contribution is -0.368. The first-order valence-corrected chi connectivity index (χ1v) is 11.0. The average molecular weight is 393 g/mol. The predicted octanol–water partition coefficient (Wildman–Crippen LogP) is 3.09. The summed E-state index contributed by atoms with van der Waals surface area (Å²) in [4.78, 5) is 0. The highest BCUT2D eigenvalue weighted by Crippen LogP contribution is 2.09. The van der Waals surface area contributed by atoms with Crippen LogP contribution in [-0.4, -0.2) is 12.7 Å². The lowest BCUT2D eigenvalue weighted by atomic mass is 9.13. The third kappa shape index (κ3) is 4.72. The summed E-state index contributed by atoms with van der Waals surface area (Å²) in [6, 6.07) is 43.5. The van der Waals surface area contributed by atoms with Gasteiger partial charge in [0.1, 0.15) is 6.15 Å². The van der Waals surface area contributed by atoms with Gasteiger partial charge in [-0.25, -0.2) is 0 Å². The zero-order valence-electron chi connectivity index (χ0n) is 18.0. The minimum absolute atomic E-state index is 1.09. The molecule has 0 atom stereocenters. The molecule has 4 rings (SSSR count). The largest absolute Gasteiger partial charge is 0.358 e. The standard InChI is InChI=1S/C24H20B.C4H11N/c1-5-13-21(14-6-1)25(22-15-7-2-8-16-22,23-17-9-3-10-18-23)24-19-11-4-12-20-24;1-2-3-4-5/h1-20H;2-5H2,1H3/q-1;/p+1. The van der Waals surface area contributed by atoms with Crippen LogP contribution >= 0.6 is 0 Å². The first-order chi connectivity index (χ1) is 14.8. The summed E-state index contributed by atoms with van der Waals surface area (Å²) in [7, 11) is 0. The SMILES string of the molecule is CCCC[NH3+].c1ccc([B-](c2ccccc2)(c2ccccc2)c2ccccc2)cc1. The maximum atomic E-state index is 3.68. The highest BCUT2D eigenvalue weighted by Gasteiger charge is 2.30. The summed E-state index contributed by atoms with van der Waals surface area (Å²) < 4.78 is 0. The van der Waals surface area contributed by atoms with Gasteiger partial charge >= 0.3 is 0 Å². The summed E-state index contributed by atoms with van der Waals surface area (Å²) in [6.45, 7) is 3.27. The number of unbranched alkanes of at least 4 members (excludes halogenated alkanes) is 1. The van der Waals surface area contributed by atoms with Crippen molar-refractivity contribution in [1.29, 1.82) is 0 Å². The van der Waals surface area contributed by atoms with Crippen molar-refractivity contribution in [2.45, 2.75) is 19.8 Å². The topological polar surface area (TPSA) is 27.6 Å². The zero-order chi connectivity index (χ0) is 21.1. The van der Waals surface area contributed by atoms with E-state index in [0.29, 0.717) is 0 Å². The lowest BCUT2D eigenvalue weighted by Crippen LogP contribution is -2.74. The van der Waals surface area contributed by atoms with E-state index in [4.69, 9.17) is 0 Å². The van der Waals surface area contributed by atoms with Gasteiger partial charge in [-0.2, -0.15) is 21.9 Å². The van der Waals surface area contributed by atoms with Gasteiger partial charge in [0.05, 0.1) is 6.54 Å². The van der Waals surface area contributed by atoms with Gasteiger partial charge in [0.2, 0.25) is 0 Å². The number of quaternary nitrogens is 1. The fourth-order valence-electron chi connectivity index (χ4n) is 4.37. The van der Waals surface area contributed by atoms with Crippen molar-refractivity contribution in [3.8, 4) is 0 Å². The predicted molar refractivity (Wildman–Crippen MR) is 133 cm³/mol. The second kappa shape index (κ2) is 11.2. The first-order valence-electron chi connectivity index (χ1n) is 11.0. The number of hydrogen-bond donors (Lipinski definition) is 1. The van der Waals surface area contributed by atoms with Crippen LogP contribution in [-0.2, 0) is 0 Å². The molecule has 1 nitrogen and oxygen atoms in total. The van der Waals surface area contributed by atoms with Crippen LogP contribution in [0.15, 0.2) is 121 Å². The summed E-state index contributed by atoms with van der Waals surface area (Å²) in [5.41, 5.74) is 9.03. The maximum Gasteiger partial charge on any atom is 0.108 e. The van der Waals surface area contributed by atoms with Crippen molar-refractivity contribution in [2.75, 3.05) is 6.54 Å². The van der Waals surface area contributed by atoms with E-state index in [1.165, 1.54) is 34.7 Å². The van der Waals surface area contributed by atoms with Crippen LogP contribution in [0.1, 0.15) is 19.8 Å². The summed E-state index contributed by atoms with van der Waals surface area (Å²) in [6.07, 6.45) is 1.34. The van der Waals surface area contributed by atoms with Crippen LogP contribution in [0.5, 0.6) is 0 Å². The molecule has 0 spiro atoms. The van der Waals surface area contributed by atoms with E-state index in [9.17, 15) is 0 Å². The molecule has 3 N–H and O–H groups in total. The van der Waals surface area contributed by atoms with E-state index in [1.807, 2.05) is 0 Å². The highest BCUT2D eigenvalue weighted by atomic mass is 14.5. The third-order valence-electron chi connectivity index (χ3n) is 5.80. The number of rotatable bonds is 6. The summed E-state index contributed by atoms with van der Waals surface area (Å²) in [5.74, 6) is 0. The Morgan fingerprint density at radius 3 is 0.933 bits per heavy atom. The monoisotopic (exact) mass is 393 g/mol. The molecule has 0 amide bonds. The lowest BCUT2D eigenvalue weighted by Gasteiger charge is -2.44. The van der Waals surface area contributed by atoms with Crippen molar-refractivity contribution in [1.82, 2.24) is 0 Å². The van der Waals surface area contributed by atoms with E-state index in [2.05, 4.69) is 134 Å². The maximum absolute atomic E-state index is 3.68. The Morgan fingerprint density at radius 2 is 0.767 bits per heavy atom. The summed E-state index contributed by atoms with van der Waals surface area (Å²) >= 11 is 0. The van der Waals surface area contributed by atoms with Gasteiger partial charge in [-0.1, -0.05) is 135 Å². The van der Waals surface area contributed by atoms with E-state index in [-0.39, 0.29) is 0 Å². The van der Waals surface area contributed by atoms with E-state index < -0.39 is 6.15 Å². The minimum Gasteiger partial charge on any atom is -0.358 e. The Labute approximate surface area is 181 Å². The molecule has 0 bridgehead atoms. The van der Waals surface area contributed by atoms with Crippen LogP contribution in [0.3, 0.4) is 0 Å². The van der Waals surface area contributed by atoms with E-state index >= 15 is 0 Å². The van der Waals surface area contributed by atoms with Crippen LogP contribution in [0.2, 0.25) is 0 Å². The Kier molecular flexibility index (Phi) is 8.06. The molecule has 0 unspecified atom stereocenters. The minimum atomic E-state index is -1.22. The van der Waals surface area contributed by atoms with Crippen molar-refractivity contribution in [3.63, 3.8) is 0 Å². The van der Waals surface area contributed by atoms with Gasteiger partial charge in [-0.3, -0.25) is 0 Å². The third-order valence-corrected chi connectivity index (χ3v) is 5.80. The van der Waals surface area contributed by atoms with Crippen molar-refractivity contribution in [2.24, 2.45) is 0 Å². The van der Waals surface area contributed by atoms with Crippen LogP contribution in [0.25, 0.3) is 0 Å². The Morgan fingerprint density at radius 1 is 0.500 bits per heavy atom. The van der Waals surface area contributed by atoms with Crippen molar-refractivity contribution >= 4 is 28.0 Å². The van der Waals surface area contributed by atoms with Crippen molar-refractivity contribution in [3.05, 3.63) is 121 Å².